The third-order valence-electron chi connectivity index (χ3n) is 12.5. The lowest BCUT2D eigenvalue weighted by Crippen LogP contribution is -2.66. The lowest BCUT2D eigenvalue weighted by Gasteiger charge is -2.69. The molecule has 0 aromatic heterocycles. The number of Topliss-reactive ketones (excluding diaryl/α,β-unsaturated/α-hetero) is 1. The minimum Gasteiger partial charge on any atom is -0.481 e. The average Bonchev–Trinajstić information content (AvgIpc) is 2.72. The number of carbonyl (C=O) groups is 3. The summed E-state index contributed by atoms with van der Waals surface area (Å²) in [4.78, 5) is 39.8. The molecule has 0 bridgehead atoms. The Kier molecular flexibility index (Phi) is 4.89. The Hall–Kier alpha value is -1.45. The van der Waals surface area contributed by atoms with Crippen LogP contribution >= 0.6 is 0 Å². The van der Waals surface area contributed by atoms with Gasteiger partial charge in [0.15, 0.2) is 5.78 Å². The second-order valence-electron chi connectivity index (χ2n) is 14.8. The number of carboxylic acid groups (broad SMARTS) is 1. The number of aliphatic carboxylic acids is 1. The van der Waals surface area contributed by atoms with Crippen molar-refractivity contribution in [2.75, 3.05) is 0 Å². The molecular weight excluding hydrogens is 424 g/mol. The predicted octanol–water partition coefficient (Wildman–Crippen LogP) is 6.62. The van der Waals surface area contributed by atoms with Gasteiger partial charge in [-0.15, -0.1) is 0 Å². The van der Waals surface area contributed by atoms with E-state index in [1.807, 2.05) is 6.08 Å². The first-order chi connectivity index (χ1) is 15.6. The van der Waals surface area contributed by atoms with Crippen molar-refractivity contribution in [2.24, 2.45) is 50.2 Å². The van der Waals surface area contributed by atoms with Gasteiger partial charge in [-0.2, -0.15) is 0 Å². The second kappa shape index (κ2) is 6.85. The minimum absolute atomic E-state index is 0.0656. The van der Waals surface area contributed by atoms with Gasteiger partial charge in [0, 0.05) is 17.8 Å². The fraction of sp³-hybridized carbons (Fsp3) is 0.833. The molecule has 0 aromatic carbocycles. The van der Waals surface area contributed by atoms with Crippen LogP contribution in [0.2, 0.25) is 0 Å². The summed E-state index contributed by atoms with van der Waals surface area (Å²) in [5, 5.41) is 10.5. The van der Waals surface area contributed by atoms with Crippen LogP contribution < -0.4 is 0 Å². The van der Waals surface area contributed by atoms with E-state index >= 15 is 0 Å². The summed E-state index contributed by atoms with van der Waals surface area (Å²) in [6.45, 7) is 15.7. The Morgan fingerprint density at radius 3 is 2.21 bits per heavy atom. The fourth-order valence-corrected chi connectivity index (χ4v) is 10.3. The van der Waals surface area contributed by atoms with Gasteiger partial charge in [0.2, 0.25) is 0 Å². The lowest BCUT2D eigenvalue weighted by atomic mass is 9.33. The van der Waals surface area contributed by atoms with Crippen LogP contribution in [0.25, 0.3) is 0 Å². The van der Waals surface area contributed by atoms with E-state index in [-0.39, 0.29) is 45.2 Å². The normalized spacial score (nSPS) is 49.1. The van der Waals surface area contributed by atoms with Gasteiger partial charge in [-0.25, -0.2) is 0 Å². The smallest absolute Gasteiger partial charge is 0.310 e. The highest BCUT2D eigenvalue weighted by molar-refractivity contribution is 5.96. The maximum absolute atomic E-state index is 14.2. The lowest BCUT2D eigenvalue weighted by molar-refractivity contribution is -0.191. The van der Waals surface area contributed by atoms with Crippen LogP contribution in [0.15, 0.2) is 11.6 Å². The van der Waals surface area contributed by atoms with Crippen LogP contribution in [0.1, 0.15) is 106 Å². The molecule has 0 radical (unpaired) electrons. The number of fused-ring (bicyclic) bond motifs is 7. The van der Waals surface area contributed by atoms with Crippen molar-refractivity contribution >= 4 is 17.5 Å². The minimum atomic E-state index is -0.731. The van der Waals surface area contributed by atoms with Crippen LogP contribution in [0, 0.1) is 50.2 Å². The first-order valence-corrected chi connectivity index (χ1v) is 13.6. The predicted molar refractivity (Wildman–Crippen MR) is 132 cm³/mol. The Morgan fingerprint density at radius 1 is 0.912 bits per heavy atom. The maximum Gasteiger partial charge on any atom is 0.310 e. The van der Waals surface area contributed by atoms with E-state index in [1.54, 1.807) is 0 Å². The topological polar surface area (TPSA) is 71.4 Å². The molecule has 4 fully saturated rings. The van der Waals surface area contributed by atoms with Gasteiger partial charge in [0.25, 0.3) is 0 Å². The Morgan fingerprint density at radius 2 is 1.56 bits per heavy atom. The van der Waals surface area contributed by atoms with E-state index in [0.717, 1.165) is 44.1 Å². The molecular formula is C30H44O4. The highest BCUT2D eigenvalue weighted by Crippen LogP contribution is 2.74. The monoisotopic (exact) mass is 468 g/mol. The Bertz CT molecular complexity index is 1000. The summed E-state index contributed by atoms with van der Waals surface area (Å²) in [6, 6.07) is 0. The molecule has 5 rings (SSSR count). The Balaban J connectivity index is 1.66. The molecule has 0 heterocycles. The highest BCUT2D eigenvalue weighted by atomic mass is 16.4. The average molecular weight is 469 g/mol. The number of hydrogen-bond acceptors (Lipinski definition) is 3. The third-order valence-corrected chi connectivity index (χ3v) is 12.5. The second-order valence-corrected chi connectivity index (χ2v) is 14.8. The number of hydrogen-bond donors (Lipinski definition) is 1. The van der Waals surface area contributed by atoms with Crippen LogP contribution in [0.5, 0.6) is 0 Å². The zero-order chi connectivity index (χ0) is 25.1. The highest BCUT2D eigenvalue weighted by Gasteiger charge is 2.71. The van der Waals surface area contributed by atoms with E-state index in [2.05, 4.69) is 48.5 Å². The van der Waals surface area contributed by atoms with E-state index in [4.69, 9.17) is 0 Å². The molecule has 34 heavy (non-hydrogen) atoms. The van der Waals surface area contributed by atoms with E-state index < -0.39 is 16.8 Å². The van der Waals surface area contributed by atoms with E-state index in [0.29, 0.717) is 25.0 Å². The molecule has 1 N–H and O–H groups in total. The molecule has 5 aliphatic carbocycles. The van der Waals surface area contributed by atoms with Crippen molar-refractivity contribution in [3.63, 3.8) is 0 Å². The van der Waals surface area contributed by atoms with Crippen LogP contribution in [-0.4, -0.2) is 22.6 Å². The molecule has 4 heteroatoms. The molecule has 0 aliphatic heterocycles. The molecule has 0 spiro atoms. The zero-order valence-corrected chi connectivity index (χ0v) is 22.3. The zero-order valence-electron chi connectivity index (χ0n) is 22.3. The van der Waals surface area contributed by atoms with Crippen molar-refractivity contribution in [1.82, 2.24) is 0 Å². The number of rotatable bonds is 1. The van der Waals surface area contributed by atoms with Crippen molar-refractivity contribution in [3.05, 3.63) is 11.6 Å². The summed E-state index contributed by atoms with van der Waals surface area (Å²) < 4.78 is 0. The van der Waals surface area contributed by atoms with Crippen LogP contribution in [0.3, 0.4) is 0 Å². The van der Waals surface area contributed by atoms with Crippen molar-refractivity contribution in [3.8, 4) is 0 Å². The molecule has 0 amide bonds. The van der Waals surface area contributed by atoms with E-state index in [9.17, 15) is 19.5 Å². The van der Waals surface area contributed by atoms with Crippen LogP contribution in [-0.2, 0) is 14.4 Å². The standard InChI is InChI=1S/C30H44O4/c1-25(2)12-14-30(24(33)34)15-13-28(6)18(19(30)17-25)16-20(31)23-27(5)10-9-22(32)26(3,4)21(27)8-11-29(23,28)7/h16,19,21,23H,8-15,17H2,1-7H3,(H,33,34)/t19?,21?,23?,27-,28+,29+,30?/m0/s1. The first-order valence-electron chi connectivity index (χ1n) is 13.6. The van der Waals surface area contributed by atoms with E-state index in [1.165, 1.54) is 0 Å². The maximum atomic E-state index is 14.2. The van der Waals surface area contributed by atoms with Gasteiger partial charge in [-0.05, 0) is 90.9 Å². The van der Waals surface area contributed by atoms with Gasteiger partial charge < -0.3 is 5.11 Å². The number of carboxylic acids is 1. The van der Waals surface area contributed by atoms with Gasteiger partial charge in [0.05, 0.1) is 5.41 Å². The summed E-state index contributed by atoms with van der Waals surface area (Å²) in [7, 11) is 0. The van der Waals surface area contributed by atoms with Gasteiger partial charge in [-0.3, -0.25) is 14.4 Å². The van der Waals surface area contributed by atoms with Crippen molar-refractivity contribution < 1.29 is 19.5 Å². The molecule has 0 saturated heterocycles. The summed E-state index contributed by atoms with van der Waals surface area (Å²) in [6.07, 6.45) is 9.22. The Labute approximate surface area is 205 Å². The molecule has 5 aliphatic rings. The quantitative estimate of drug-likeness (QED) is 0.469. The molecule has 4 nitrogen and oxygen atoms in total. The number of allylic oxidation sites excluding steroid dienone is 2. The largest absolute Gasteiger partial charge is 0.481 e. The summed E-state index contributed by atoms with van der Waals surface area (Å²) >= 11 is 0. The van der Waals surface area contributed by atoms with Crippen molar-refractivity contribution in [1.29, 1.82) is 0 Å². The molecule has 7 atom stereocenters. The SMILES string of the molecule is CC1(C)CCC2(C(=O)O)CC[C@]3(C)C(=CC(=O)C4[C@@]5(C)CCC(=O)C(C)(C)C5CC[C@]43C)C2C1. The summed E-state index contributed by atoms with van der Waals surface area (Å²) in [5.74, 6) is -0.0662. The molecule has 4 unspecified atom stereocenters. The number of ketones is 2. The number of carbonyl (C=O) groups excluding carboxylic acids is 2. The van der Waals surface area contributed by atoms with Crippen molar-refractivity contribution in [2.45, 2.75) is 106 Å². The molecule has 188 valence electrons. The first kappa shape index (κ1) is 24.3. The fourth-order valence-electron chi connectivity index (χ4n) is 10.3. The molecule has 4 saturated carbocycles. The van der Waals surface area contributed by atoms with Gasteiger partial charge in [0.1, 0.15) is 5.78 Å². The van der Waals surface area contributed by atoms with Gasteiger partial charge >= 0.3 is 5.97 Å². The van der Waals surface area contributed by atoms with Gasteiger partial charge in [-0.1, -0.05) is 54.0 Å². The molecule has 0 aromatic rings. The summed E-state index contributed by atoms with van der Waals surface area (Å²) in [5.41, 5.74) is -0.473. The van der Waals surface area contributed by atoms with Crippen LogP contribution in [0.4, 0.5) is 0 Å². The third kappa shape index (κ3) is 2.75.